The highest BCUT2D eigenvalue weighted by atomic mass is 16.5. The molecule has 1 fully saturated rings. The largest absolute Gasteiger partial charge is 0.475 e. The topological polar surface area (TPSA) is 24.5 Å². The van der Waals surface area contributed by atoms with Gasteiger partial charge in [-0.3, -0.25) is 4.90 Å². The maximum absolute atomic E-state index is 5.85. The molecule has 0 aliphatic carbocycles. The summed E-state index contributed by atoms with van der Waals surface area (Å²) >= 11 is 0. The summed E-state index contributed by atoms with van der Waals surface area (Å²) in [7, 11) is 0. The Balaban J connectivity index is 1.88. The first-order valence-corrected chi connectivity index (χ1v) is 5.53. The average molecular weight is 206 g/mol. The molecule has 0 radical (unpaired) electrons. The Bertz CT molecular complexity index is 283. The molecule has 1 atom stereocenters. The Kier molecular flexibility index (Phi) is 3.59. The van der Waals surface area contributed by atoms with Crippen molar-refractivity contribution in [3.05, 3.63) is 30.3 Å². The second-order valence-electron chi connectivity index (χ2n) is 3.82. The van der Waals surface area contributed by atoms with Crippen molar-refractivity contribution in [3.8, 4) is 5.75 Å². The summed E-state index contributed by atoms with van der Waals surface area (Å²) in [4.78, 5) is 2.35. The van der Waals surface area contributed by atoms with Gasteiger partial charge in [-0.05, 0) is 19.1 Å². The molecule has 0 saturated carbocycles. The standard InChI is InChI=1S/C12H18N2O/c1-11(14-9-7-13-8-10-14)15-12-5-3-2-4-6-12/h2-6,11,13H,7-10H2,1H3. The summed E-state index contributed by atoms with van der Waals surface area (Å²) in [5.74, 6) is 0.948. The highest BCUT2D eigenvalue weighted by molar-refractivity contribution is 5.21. The fraction of sp³-hybridized carbons (Fsp3) is 0.500. The van der Waals surface area contributed by atoms with Gasteiger partial charge in [-0.2, -0.15) is 0 Å². The number of benzene rings is 1. The van der Waals surface area contributed by atoms with Crippen LogP contribution in [0.1, 0.15) is 6.92 Å². The lowest BCUT2D eigenvalue weighted by atomic mass is 10.3. The van der Waals surface area contributed by atoms with Gasteiger partial charge >= 0.3 is 0 Å². The van der Waals surface area contributed by atoms with Gasteiger partial charge in [0, 0.05) is 26.2 Å². The summed E-state index contributed by atoms with van der Waals surface area (Å²) < 4.78 is 5.85. The Morgan fingerprint density at radius 2 is 1.87 bits per heavy atom. The third-order valence-corrected chi connectivity index (χ3v) is 2.72. The SMILES string of the molecule is CC(Oc1ccccc1)N1CCNCC1. The van der Waals surface area contributed by atoms with Crippen LogP contribution in [0.15, 0.2) is 30.3 Å². The molecule has 1 N–H and O–H groups in total. The summed E-state index contributed by atoms with van der Waals surface area (Å²) in [6, 6.07) is 10.00. The number of para-hydroxylation sites is 1. The van der Waals surface area contributed by atoms with Crippen LogP contribution in [-0.4, -0.2) is 37.3 Å². The molecular weight excluding hydrogens is 188 g/mol. The zero-order valence-corrected chi connectivity index (χ0v) is 9.15. The predicted octanol–water partition coefficient (Wildman–Crippen LogP) is 1.32. The lowest BCUT2D eigenvalue weighted by molar-refractivity contribution is 0.0311. The van der Waals surface area contributed by atoms with Crippen molar-refractivity contribution in [3.63, 3.8) is 0 Å². The molecule has 1 heterocycles. The summed E-state index contributed by atoms with van der Waals surface area (Å²) in [6.07, 6.45) is 0.162. The smallest absolute Gasteiger partial charge is 0.149 e. The van der Waals surface area contributed by atoms with Crippen LogP contribution < -0.4 is 10.1 Å². The molecule has 0 amide bonds. The Hall–Kier alpha value is -1.06. The fourth-order valence-corrected chi connectivity index (χ4v) is 1.82. The third-order valence-electron chi connectivity index (χ3n) is 2.72. The van der Waals surface area contributed by atoms with E-state index in [9.17, 15) is 0 Å². The zero-order valence-electron chi connectivity index (χ0n) is 9.15. The number of hydrogen-bond acceptors (Lipinski definition) is 3. The predicted molar refractivity (Wildman–Crippen MR) is 61.0 cm³/mol. The van der Waals surface area contributed by atoms with Gasteiger partial charge < -0.3 is 10.1 Å². The van der Waals surface area contributed by atoms with Gasteiger partial charge in [0.1, 0.15) is 12.0 Å². The summed E-state index contributed by atoms with van der Waals surface area (Å²) in [5, 5.41) is 3.34. The zero-order chi connectivity index (χ0) is 10.5. The normalized spacial score (nSPS) is 19.8. The molecule has 3 heteroatoms. The van der Waals surface area contributed by atoms with E-state index < -0.39 is 0 Å². The molecule has 15 heavy (non-hydrogen) atoms. The first-order valence-electron chi connectivity index (χ1n) is 5.53. The monoisotopic (exact) mass is 206 g/mol. The molecule has 0 bridgehead atoms. The van der Waals surface area contributed by atoms with Gasteiger partial charge in [0.05, 0.1) is 0 Å². The fourth-order valence-electron chi connectivity index (χ4n) is 1.82. The van der Waals surface area contributed by atoms with Crippen LogP contribution in [0.4, 0.5) is 0 Å². The Morgan fingerprint density at radius 1 is 1.20 bits per heavy atom. The minimum Gasteiger partial charge on any atom is -0.475 e. The molecule has 3 nitrogen and oxygen atoms in total. The van der Waals surface area contributed by atoms with Crippen molar-refractivity contribution in [1.29, 1.82) is 0 Å². The van der Waals surface area contributed by atoms with Crippen molar-refractivity contribution in [2.45, 2.75) is 13.2 Å². The van der Waals surface area contributed by atoms with Crippen molar-refractivity contribution in [2.75, 3.05) is 26.2 Å². The molecule has 0 aromatic heterocycles. The number of nitrogens with zero attached hydrogens (tertiary/aromatic N) is 1. The van der Waals surface area contributed by atoms with Crippen LogP contribution >= 0.6 is 0 Å². The minimum absolute atomic E-state index is 0.162. The molecule has 1 aliphatic rings. The highest BCUT2D eigenvalue weighted by Gasteiger charge is 2.17. The van der Waals surface area contributed by atoms with E-state index in [2.05, 4.69) is 17.1 Å². The lowest BCUT2D eigenvalue weighted by Gasteiger charge is -2.32. The average Bonchev–Trinajstić information content (AvgIpc) is 2.31. The van der Waals surface area contributed by atoms with Crippen molar-refractivity contribution >= 4 is 0 Å². The van der Waals surface area contributed by atoms with E-state index in [1.807, 2.05) is 30.3 Å². The highest BCUT2D eigenvalue weighted by Crippen LogP contribution is 2.12. The Labute approximate surface area is 91.0 Å². The number of piperazine rings is 1. The van der Waals surface area contributed by atoms with Crippen LogP contribution in [0.3, 0.4) is 0 Å². The van der Waals surface area contributed by atoms with E-state index in [0.29, 0.717) is 0 Å². The molecule has 0 spiro atoms. The van der Waals surface area contributed by atoms with Gasteiger partial charge in [-0.1, -0.05) is 18.2 Å². The molecular formula is C12H18N2O. The maximum atomic E-state index is 5.85. The number of ether oxygens (including phenoxy) is 1. The van der Waals surface area contributed by atoms with Gasteiger partial charge in [0.25, 0.3) is 0 Å². The van der Waals surface area contributed by atoms with E-state index in [4.69, 9.17) is 4.74 Å². The van der Waals surface area contributed by atoms with E-state index in [0.717, 1.165) is 31.9 Å². The molecule has 1 unspecified atom stereocenters. The summed E-state index contributed by atoms with van der Waals surface area (Å²) in [6.45, 7) is 6.35. The molecule has 1 aromatic rings. The van der Waals surface area contributed by atoms with Crippen molar-refractivity contribution < 1.29 is 4.74 Å². The quantitative estimate of drug-likeness (QED) is 0.807. The maximum Gasteiger partial charge on any atom is 0.149 e. The minimum atomic E-state index is 0.162. The van der Waals surface area contributed by atoms with Gasteiger partial charge in [0.15, 0.2) is 0 Å². The van der Waals surface area contributed by atoms with Crippen LogP contribution in [-0.2, 0) is 0 Å². The Morgan fingerprint density at radius 3 is 2.53 bits per heavy atom. The molecule has 1 saturated heterocycles. The number of rotatable bonds is 3. The summed E-state index contributed by atoms with van der Waals surface area (Å²) in [5.41, 5.74) is 0. The molecule has 1 aliphatic heterocycles. The molecule has 2 rings (SSSR count). The van der Waals surface area contributed by atoms with Crippen molar-refractivity contribution in [1.82, 2.24) is 10.2 Å². The van der Waals surface area contributed by atoms with E-state index in [1.54, 1.807) is 0 Å². The van der Waals surface area contributed by atoms with E-state index in [-0.39, 0.29) is 6.23 Å². The number of nitrogens with one attached hydrogen (secondary N) is 1. The van der Waals surface area contributed by atoms with Crippen LogP contribution in [0, 0.1) is 0 Å². The first kappa shape index (κ1) is 10.5. The van der Waals surface area contributed by atoms with E-state index >= 15 is 0 Å². The van der Waals surface area contributed by atoms with Gasteiger partial charge in [-0.15, -0.1) is 0 Å². The first-order chi connectivity index (χ1) is 7.36. The second-order valence-corrected chi connectivity index (χ2v) is 3.82. The van der Waals surface area contributed by atoms with Gasteiger partial charge in [0.2, 0.25) is 0 Å². The van der Waals surface area contributed by atoms with E-state index in [1.165, 1.54) is 0 Å². The molecule has 1 aromatic carbocycles. The second kappa shape index (κ2) is 5.14. The number of hydrogen-bond donors (Lipinski definition) is 1. The van der Waals surface area contributed by atoms with Crippen LogP contribution in [0.25, 0.3) is 0 Å². The van der Waals surface area contributed by atoms with Crippen molar-refractivity contribution in [2.24, 2.45) is 0 Å². The van der Waals surface area contributed by atoms with Gasteiger partial charge in [-0.25, -0.2) is 0 Å². The lowest BCUT2D eigenvalue weighted by Crippen LogP contribution is -2.49. The third kappa shape index (κ3) is 2.94. The van der Waals surface area contributed by atoms with Crippen LogP contribution in [0.5, 0.6) is 5.75 Å². The van der Waals surface area contributed by atoms with Crippen LogP contribution in [0.2, 0.25) is 0 Å². The molecule has 82 valence electrons.